The van der Waals surface area contributed by atoms with Crippen molar-refractivity contribution in [2.75, 3.05) is 0 Å². The van der Waals surface area contributed by atoms with Crippen molar-refractivity contribution in [2.45, 2.75) is 39.3 Å². The summed E-state index contributed by atoms with van der Waals surface area (Å²) in [4.78, 5) is 23.2. The van der Waals surface area contributed by atoms with Gasteiger partial charge in [0.05, 0.1) is 5.69 Å². The maximum atomic E-state index is 11.7. The van der Waals surface area contributed by atoms with Crippen molar-refractivity contribution in [2.24, 2.45) is 0 Å². The molecule has 2 rings (SSSR count). The van der Waals surface area contributed by atoms with Gasteiger partial charge < -0.3 is 10.3 Å². The van der Waals surface area contributed by atoms with Crippen LogP contribution in [0.2, 0.25) is 0 Å². The van der Waals surface area contributed by atoms with Crippen molar-refractivity contribution >= 4 is 0 Å². The minimum Gasteiger partial charge on any atom is -0.310 e. The van der Waals surface area contributed by atoms with Crippen LogP contribution >= 0.6 is 0 Å². The Bertz CT molecular complexity index is 614. The molecule has 0 aliphatic rings. The van der Waals surface area contributed by atoms with Crippen molar-refractivity contribution in [3.05, 3.63) is 58.0 Å². The minimum absolute atomic E-state index is 0.00850. The number of hydrogen-bond donors (Lipinski definition) is 2. The van der Waals surface area contributed by atoms with E-state index in [0.29, 0.717) is 18.8 Å². The average Bonchev–Trinajstić information content (AvgIpc) is 2.36. The Kier molecular flexibility index (Phi) is 4.29. The predicted octanol–water partition coefficient (Wildman–Crippen LogP) is 1.64. The second-order valence-electron chi connectivity index (χ2n) is 5.78. The summed E-state index contributed by atoms with van der Waals surface area (Å²) in [7, 11) is 0. The predicted molar refractivity (Wildman–Crippen MR) is 78.5 cm³/mol. The van der Waals surface area contributed by atoms with E-state index in [0.717, 1.165) is 11.4 Å². The SMILES string of the molecule is CC(C)(C)NCc1cc(=O)[nH]c(Cc2ccccn2)n1. The van der Waals surface area contributed by atoms with E-state index in [2.05, 4.69) is 41.0 Å². The van der Waals surface area contributed by atoms with Gasteiger partial charge in [0.1, 0.15) is 5.82 Å². The number of aromatic amines is 1. The molecule has 5 nitrogen and oxygen atoms in total. The highest BCUT2D eigenvalue weighted by molar-refractivity contribution is 5.12. The van der Waals surface area contributed by atoms with Gasteiger partial charge in [0, 0.05) is 36.5 Å². The molecule has 0 saturated carbocycles. The Morgan fingerprint density at radius 2 is 2.05 bits per heavy atom. The third-order valence-electron chi connectivity index (χ3n) is 2.72. The van der Waals surface area contributed by atoms with E-state index in [1.807, 2.05) is 18.2 Å². The molecule has 2 aromatic heterocycles. The summed E-state index contributed by atoms with van der Waals surface area (Å²) < 4.78 is 0. The van der Waals surface area contributed by atoms with Gasteiger partial charge in [-0.05, 0) is 32.9 Å². The summed E-state index contributed by atoms with van der Waals surface area (Å²) in [6.07, 6.45) is 2.26. The summed E-state index contributed by atoms with van der Waals surface area (Å²) in [5, 5.41) is 3.33. The first-order valence-electron chi connectivity index (χ1n) is 6.66. The molecular formula is C15H20N4O. The third kappa shape index (κ3) is 4.59. The molecule has 0 amide bonds. The van der Waals surface area contributed by atoms with Crippen LogP contribution in [0.25, 0.3) is 0 Å². The number of nitrogens with one attached hydrogen (secondary N) is 2. The molecule has 0 aromatic carbocycles. The van der Waals surface area contributed by atoms with Gasteiger partial charge in [0.2, 0.25) is 0 Å². The van der Waals surface area contributed by atoms with Gasteiger partial charge in [-0.1, -0.05) is 6.07 Å². The van der Waals surface area contributed by atoms with E-state index in [-0.39, 0.29) is 11.1 Å². The lowest BCUT2D eigenvalue weighted by atomic mass is 10.1. The standard InChI is InChI=1S/C15H20N4O/c1-15(2,3)17-10-12-9-14(20)19-13(18-12)8-11-6-4-5-7-16-11/h4-7,9,17H,8,10H2,1-3H3,(H,18,19,20). The molecule has 0 atom stereocenters. The van der Waals surface area contributed by atoms with Gasteiger partial charge in [-0.15, -0.1) is 0 Å². The maximum absolute atomic E-state index is 11.7. The molecule has 0 fully saturated rings. The van der Waals surface area contributed by atoms with E-state index >= 15 is 0 Å². The maximum Gasteiger partial charge on any atom is 0.251 e. The highest BCUT2D eigenvalue weighted by atomic mass is 16.1. The molecule has 2 N–H and O–H groups in total. The summed E-state index contributed by atoms with van der Waals surface area (Å²) in [5.41, 5.74) is 1.49. The number of rotatable bonds is 4. The number of H-pyrrole nitrogens is 1. The fourth-order valence-corrected chi connectivity index (χ4v) is 1.77. The monoisotopic (exact) mass is 272 g/mol. The van der Waals surface area contributed by atoms with Crippen molar-refractivity contribution in [1.82, 2.24) is 20.3 Å². The molecule has 0 bridgehead atoms. The molecule has 2 heterocycles. The van der Waals surface area contributed by atoms with E-state index in [9.17, 15) is 4.79 Å². The van der Waals surface area contributed by atoms with Crippen LogP contribution in [-0.2, 0) is 13.0 Å². The second-order valence-corrected chi connectivity index (χ2v) is 5.78. The van der Waals surface area contributed by atoms with Crippen molar-refractivity contribution < 1.29 is 0 Å². The van der Waals surface area contributed by atoms with Crippen LogP contribution in [0.3, 0.4) is 0 Å². The van der Waals surface area contributed by atoms with Crippen molar-refractivity contribution in [1.29, 1.82) is 0 Å². The molecule has 0 unspecified atom stereocenters. The van der Waals surface area contributed by atoms with E-state index in [1.54, 1.807) is 6.20 Å². The zero-order valence-corrected chi connectivity index (χ0v) is 12.1. The molecule has 0 aliphatic heterocycles. The lowest BCUT2D eigenvalue weighted by Gasteiger charge is -2.20. The summed E-state index contributed by atoms with van der Waals surface area (Å²) in [6, 6.07) is 7.23. The Morgan fingerprint density at radius 3 is 2.70 bits per heavy atom. The first-order chi connectivity index (χ1) is 9.42. The molecule has 106 valence electrons. The molecule has 0 aliphatic carbocycles. The highest BCUT2D eigenvalue weighted by Gasteiger charge is 2.10. The van der Waals surface area contributed by atoms with Gasteiger partial charge in [0.25, 0.3) is 5.56 Å². The number of aromatic nitrogens is 3. The largest absolute Gasteiger partial charge is 0.310 e. The summed E-state index contributed by atoms with van der Waals surface area (Å²) in [6.45, 7) is 6.81. The van der Waals surface area contributed by atoms with Gasteiger partial charge in [-0.2, -0.15) is 0 Å². The van der Waals surface area contributed by atoms with Crippen LogP contribution in [-0.4, -0.2) is 20.5 Å². The van der Waals surface area contributed by atoms with Gasteiger partial charge in [0.15, 0.2) is 0 Å². The van der Waals surface area contributed by atoms with Gasteiger partial charge in [-0.25, -0.2) is 4.98 Å². The summed E-state index contributed by atoms with van der Waals surface area (Å²) >= 11 is 0. The third-order valence-corrected chi connectivity index (χ3v) is 2.72. The lowest BCUT2D eigenvalue weighted by molar-refractivity contribution is 0.420. The molecule has 0 spiro atoms. The average molecular weight is 272 g/mol. The van der Waals surface area contributed by atoms with E-state index < -0.39 is 0 Å². The van der Waals surface area contributed by atoms with Crippen LogP contribution in [0, 0.1) is 0 Å². The van der Waals surface area contributed by atoms with Crippen molar-refractivity contribution in [3.8, 4) is 0 Å². The zero-order valence-electron chi connectivity index (χ0n) is 12.1. The summed E-state index contributed by atoms with van der Waals surface area (Å²) in [5.74, 6) is 0.641. The van der Waals surface area contributed by atoms with Crippen LogP contribution in [0.1, 0.15) is 38.0 Å². The normalized spacial score (nSPS) is 11.6. The Morgan fingerprint density at radius 1 is 1.25 bits per heavy atom. The van der Waals surface area contributed by atoms with Crippen LogP contribution in [0.4, 0.5) is 0 Å². The smallest absolute Gasteiger partial charge is 0.251 e. The second kappa shape index (κ2) is 5.96. The number of hydrogen-bond acceptors (Lipinski definition) is 4. The lowest BCUT2D eigenvalue weighted by Crippen LogP contribution is -2.35. The van der Waals surface area contributed by atoms with Crippen molar-refractivity contribution in [3.63, 3.8) is 0 Å². The first-order valence-corrected chi connectivity index (χ1v) is 6.66. The fourth-order valence-electron chi connectivity index (χ4n) is 1.77. The van der Waals surface area contributed by atoms with Crippen LogP contribution in [0.5, 0.6) is 0 Å². The minimum atomic E-state index is -0.128. The number of nitrogens with zero attached hydrogens (tertiary/aromatic N) is 2. The Balaban J connectivity index is 2.14. The zero-order chi connectivity index (χ0) is 14.6. The first kappa shape index (κ1) is 14.4. The van der Waals surface area contributed by atoms with Gasteiger partial charge >= 0.3 is 0 Å². The van der Waals surface area contributed by atoms with E-state index in [4.69, 9.17) is 0 Å². The molecular weight excluding hydrogens is 252 g/mol. The Labute approximate surface area is 118 Å². The molecule has 5 heteroatoms. The Hall–Kier alpha value is -2.01. The number of pyridine rings is 1. The topological polar surface area (TPSA) is 70.7 Å². The molecule has 0 saturated heterocycles. The molecule has 0 radical (unpaired) electrons. The van der Waals surface area contributed by atoms with Gasteiger partial charge in [-0.3, -0.25) is 9.78 Å². The van der Waals surface area contributed by atoms with Crippen LogP contribution in [0.15, 0.2) is 35.3 Å². The quantitative estimate of drug-likeness (QED) is 0.887. The highest BCUT2D eigenvalue weighted by Crippen LogP contribution is 2.04. The fraction of sp³-hybridized carbons (Fsp3) is 0.400. The molecule has 20 heavy (non-hydrogen) atoms. The van der Waals surface area contributed by atoms with Crippen LogP contribution < -0.4 is 10.9 Å². The molecule has 2 aromatic rings. The van der Waals surface area contributed by atoms with E-state index in [1.165, 1.54) is 6.07 Å².